The van der Waals surface area contributed by atoms with Crippen molar-refractivity contribution in [2.24, 2.45) is 0 Å². The first-order chi connectivity index (χ1) is 12.7. The molecule has 3 aromatic carbocycles. The van der Waals surface area contributed by atoms with Crippen LogP contribution in [0, 0.1) is 0 Å². The zero-order chi connectivity index (χ0) is 17.7. The van der Waals surface area contributed by atoms with Gasteiger partial charge in [-0.25, -0.2) is 0 Å². The Labute approximate surface area is 153 Å². The summed E-state index contributed by atoms with van der Waals surface area (Å²) in [5.74, 6) is 0.118. The second-order valence-electron chi connectivity index (χ2n) is 7.42. The summed E-state index contributed by atoms with van der Waals surface area (Å²) in [6.45, 7) is 0.617. The number of anilines is 1. The van der Waals surface area contributed by atoms with E-state index >= 15 is 0 Å². The maximum absolute atomic E-state index is 13.0. The molecule has 0 aromatic heterocycles. The molecule has 3 aromatic rings. The third-order valence-corrected chi connectivity index (χ3v) is 5.88. The molecule has 3 heteroatoms. The SMILES string of the molecule is CN(CN1C(=O)c2cccc3cccc1c23)C1CCCc2ccccc21. The van der Waals surface area contributed by atoms with E-state index in [-0.39, 0.29) is 5.91 Å². The van der Waals surface area contributed by atoms with E-state index in [9.17, 15) is 4.79 Å². The van der Waals surface area contributed by atoms with Crippen molar-refractivity contribution in [1.82, 2.24) is 4.90 Å². The monoisotopic (exact) mass is 342 g/mol. The van der Waals surface area contributed by atoms with Crippen LogP contribution in [-0.2, 0) is 6.42 Å². The van der Waals surface area contributed by atoms with Gasteiger partial charge in [-0.15, -0.1) is 0 Å². The lowest BCUT2D eigenvalue weighted by atomic mass is 9.87. The summed E-state index contributed by atoms with van der Waals surface area (Å²) in [6, 6.07) is 21.3. The van der Waals surface area contributed by atoms with Crippen molar-refractivity contribution in [1.29, 1.82) is 0 Å². The molecule has 0 radical (unpaired) electrons. The van der Waals surface area contributed by atoms with Gasteiger partial charge in [-0.3, -0.25) is 14.6 Å². The molecule has 3 nitrogen and oxygen atoms in total. The molecule has 0 bridgehead atoms. The minimum atomic E-state index is 0.118. The lowest BCUT2D eigenvalue weighted by Gasteiger charge is -2.35. The maximum atomic E-state index is 13.0. The van der Waals surface area contributed by atoms with Crippen LogP contribution < -0.4 is 4.90 Å². The van der Waals surface area contributed by atoms with Gasteiger partial charge in [-0.2, -0.15) is 0 Å². The number of fused-ring (bicyclic) bond motifs is 1. The van der Waals surface area contributed by atoms with Crippen LogP contribution in [0.2, 0.25) is 0 Å². The first-order valence-corrected chi connectivity index (χ1v) is 9.36. The van der Waals surface area contributed by atoms with Gasteiger partial charge in [0.15, 0.2) is 0 Å². The summed E-state index contributed by atoms with van der Waals surface area (Å²) in [5.41, 5.74) is 4.74. The predicted octanol–water partition coefficient (Wildman–Crippen LogP) is 4.77. The zero-order valence-corrected chi connectivity index (χ0v) is 15.0. The molecule has 0 saturated carbocycles. The van der Waals surface area contributed by atoms with Gasteiger partial charge < -0.3 is 0 Å². The largest absolute Gasteiger partial charge is 0.294 e. The van der Waals surface area contributed by atoms with E-state index in [0.29, 0.717) is 12.7 Å². The lowest BCUT2D eigenvalue weighted by molar-refractivity contribution is 0.0967. The molecular formula is C23H22N2O. The van der Waals surface area contributed by atoms with Gasteiger partial charge in [0.2, 0.25) is 0 Å². The molecule has 1 unspecified atom stereocenters. The van der Waals surface area contributed by atoms with Crippen LogP contribution in [0.25, 0.3) is 10.8 Å². The predicted molar refractivity (Wildman–Crippen MR) is 106 cm³/mol. The van der Waals surface area contributed by atoms with Crippen molar-refractivity contribution in [2.45, 2.75) is 25.3 Å². The third kappa shape index (κ3) is 2.27. The topological polar surface area (TPSA) is 23.6 Å². The average Bonchev–Trinajstić information content (AvgIpc) is 2.95. The fourth-order valence-corrected chi connectivity index (χ4v) is 4.63. The van der Waals surface area contributed by atoms with Gasteiger partial charge in [0.25, 0.3) is 5.91 Å². The molecular weight excluding hydrogens is 320 g/mol. The molecule has 0 N–H and O–H groups in total. The Balaban J connectivity index is 1.48. The number of carbonyl (C=O) groups excluding carboxylic acids is 1. The highest BCUT2D eigenvalue weighted by molar-refractivity contribution is 6.24. The lowest BCUT2D eigenvalue weighted by Crippen LogP contribution is -2.40. The van der Waals surface area contributed by atoms with Crippen LogP contribution in [0.1, 0.15) is 40.4 Å². The minimum absolute atomic E-state index is 0.118. The smallest absolute Gasteiger partial charge is 0.260 e. The van der Waals surface area contributed by atoms with E-state index in [1.54, 1.807) is 0 Å². The highest BCUT2D eigenvalue weighted by Crippen LogP contribution is 2.39. The van der Waals surface area contributed by atoms with Gasteiger partial charge >= 0.3 is 0 Å². The van der Waals surface area contributed by atoms with Crippen molar-refractivity contribution in [3.63, 3.8) is 0 Å². The number of benzene rings is 3. The standard InChI is InChI=1S/C23H22N2O/c1-24(20-13-5-8-16-7-2-3-11-18(16)20)15-25-21-14-6-10-17-9-4-12-19(22(17)21)23(25)26/h2-4,6-7,9-12,14,20H,5,8,13,15H2,1H3. The van der Waals surface area contributed by atoms with Crippen LogP contribution >= 0.6 is 0 Å². The number of carbonyl (C=O) groups is 1. The van der Waals surface area contributed by atoms with Gasteiger partial charge in [-0.1, -0.05) is 48.5 Å². The number of aryl methyl sites for hydroxylation is 1. The summed E-state index contributed by atoms with van der Waals surface area (Å²) in [7, 11) is 2.14. The van der Waals surface area contributed by atoms with Crippen LogP contribution in [-0.4, -0.2) is 24.5 Å². The molecule has 1 aliphatic heterocycles. The molecule has 1 amide bonds. The summed E-state index contributed by atoms with van der Waals surface area (Å²) in [5, 5.41) is 2.24. The Kier molecular flexibility index (Phi) is 3.57. The van der Waals surface area contributed by atoms with Crippen LogP contribution in [0.3, 0.4) is 0 Å². The number of nitrogens with zero attached hydrogens (tertiary/aromatic N) is 2. The van der Waals surface area contributed by atoms with Crippen LogP contribution in [0.5, 0.6) is 0 Å². The maximum Gasteiger partial charge on any atom is 0.260 e. The quantitative estimate of drug-likeness (QED) is 0.685. The van der Waals surface area contributed by atoms with Crippen molar-refractivity contribution < 1.29 is 4.79 Å². The number of amides is 1. The minimum Gasteiger partial charge on any atom is -0.294 e. The van der Waals surface area contributed by atoms with E-state index in [2.05, 4.69) is 54.4 Å². The first-order valence-electron chi connectivity index (χ1n) is 9.36. The fourth-order valence-electron chi connectivity index (χ4n) is 4.63. The Hall–Kier alpha value is -2.65. The Morgan fingerprint density at radius 3 is 2.73 bits per heavy atom. The van der Waals surface area contributed by atoms with E-state index in [0.717, 1.165) is 34.9 Å². The molecule has 5 rings (SSSR count). The van der Waals surface area contributed by atoms with Crippen LogP contribution in [0.15, 0.2) is 60.7 Å². The summed E-state index contributed by atoms with van der Waals surface area (Å²) >= 11 is 0. The van der Waals surface area contributed by atoms with Gasteiger partial charge in [0.05, 0.1) is 12.4 Å². The third-order valence-electron chi connectivity index (χ3n) is 5.88. The van der Waals surface area contributed by atoms with Gasteiger partial charge in [0, 0.05) is 17.0 Å². The normalized spacial score (nSPS) is 18.6. The molecule has 1 heterocycles. The average molecular weight is 342 g/mol. The summed E-state index contributed by atoms with van der Waals surface area (Å²) in [6.07, 6.45) is 3.51. The number of rotatable bonds is 3. The second-order valence-corrected chi connectivity index (χ2v) is 7.42. The van der Waals surface area contributed by atoms with E-state index in [1.807, 2.05) is 23.1 Å². The van der Waals surface area contributed by atoms with Crippen molar-refractivity contribution in [3.8, 4) is 0 Å². The van der Waals surface area contributed by atoms with Crippen molar-refractivity contribution in [3.05, 3.63) is 77.4 Å². The molecule has 0 saturated heterocycles. The first kappa shape index (κ1) is 15.6. The Morgan fingerprint density at radius 1 is 1.04 bits per heavy atom. The van der Waals surface area contributed by atoms with Gasteiger partial charge in [-0.05, 0) is 55.0 Å². The van der Waals surface area contributed by atoms with E-state index < -0.39 is 0 Å². The zero-order valence-electron chi connectivity index (χ0n) is 15.0. The Bertz CT molecular complexity index is 1000. The molecule has 1 aliphatic carbocycles. The van der Waals surface area contributed by atoms with Crippen LogP contribution in [0.4, 0.5) is 5.69 Å². The Morgan fingerprint density at radius 2 is 1.85 bits per heavy atom. The van der Waals surface area contributed by atoms with Crippen molar-refractivity contribution >= 4 is 22.4 Å². The number of hydrogen-bond acceptors (Lipinski definition) is 2. The molecule has 0 spiro atoms. The summed E-state index contributed by atoms with van der Waals surface area (Å²) in [4.78, 5) is 17.3. The van der Waals surface area contributed by atoms with Gasteiger partial charge in [0.1, 0.15) is 0 Å². The fraction of sp³-hybridized carbons (Fsp3) is 0.261. The highest BCUT2D eigenvalue weighted by atomic mass is 16.2. The molecule has 130 valence electrons. The van der Waals surface area contributed by atoms with E-state index in [1.165, 1.54) is 17.5 Å². The molecule has 2 aliphatic rings. The number of hydrogen-bond donors (Lipinski definition) is 0. The highest BCUT2D eigenvalue weighted by Gasteiger charge is 2.32. The second kappa shape index (κ2) is 5.96. The molecule has 1 atom stereocenters. The molecule has 0 fully saturated rings. The van der Waals surface area contributed by atoms with E-state index in [4.69, 9.17) is 0 Å². The summed E-state index contributed by atoms with van der Waals surface area (Å²) < 4.78 is 0. The molecule has 26 heavy (non-hydrogen) atoms. The van der Waals surface area contributed by atoms with Crippen molar-refractivity contribution in [2.75, 3.05) is 18.6 Å².